The van der Waals surface area contributed by atoms with Crippen molar-refractivity contribution < 1.29 is 4.79 Å². The third-order valence-electron chi connectivity index (χ3n) is 4.23. The lowest BCUT2D eigenvalue weighted by atomic mass is 10.0. The van der Waals surface area contributed by atoms with E-state index in [1.54, 1.807) is 11.8 Å². The molecule has 0 saturated carbocycles. The van der Waals surface area contributed by atoms with Crippen LogP contribution in [0.1, 0.15) is 61.8 Å². The predicted molar refractivity (Wildman–Crippen MR) is 108 cm³/mol. The number of aromatic nitrogens is 3. The molecule has 1 amide bonds. The maximum Gasteiger partial charge on any atom is 0.251 e. The molecule has 142 valence electrons. The minimum Gasteiger partial charge on any atom is -0.352 e. The summed E-state index contributed by atoms with van der Waals surface area (Å²) < 4.78 is 2.20. The average molecular weight is 375 g/mol. The van der Waals surface area contributed by atoms with Crippen LogP contribution in [-0.2, 0) is 13.0 Å². The highest BCUT2D eigenvalue weighted by Gasteiger charge is 2.12. The lowest BCUT2D eigenvalue weighted by molar-refractivity contribution is 0.0953. The summed E-state index contributed by atoms with van der Waals surface area (Å²) in [6, 6.07) is 7.85. The van der Waals surface area contributed by atoms with Crippen LogP contribution in [-0.4, -0.2) is 33.5 Å². The fraction of sp³-hybridized carbons (Fsp3) is 0.550. The standard InChI is InChI=1S/C20H30N4OS/c1-14(2)13-24-18(22-23-20(24)26-5)7-6-12-21-19(25)17-10-8-16(9-11-17)15(3)4/h8-11,14-15H,6-7,12-13H2,1-5H3,(H,21,25). The highest BCUT2D eigenvalue weighted by molar-refractivity contribution is 7.98. The Hall–Kier alpha value is -1.82. The maximum atomic E-state index is 12.3. The highest BCUT2D eigenvalue weighted by atomic mass is 32.2. The summed E-state index contributed by atoms with van der Waals surface area (Å²) >= 11 is 1.62. The van der Waals surface area contributed by atoms with Gasteiger partial charge in [0.1, 0.15) is 5.82 Å². The van der Waals surface area contributed by atoms with Gasteiger partial charge in [-0.2, -0.15) is 0 Å². The zero-order valence-electron chi connectivity index (χ0n) is 16.5. The van der Waals surface area contributed by atoms with Gasteiger partial charge in [0.2, 0.25) is 0 Å². The van der Waals surface area contributed by atoms with Crippen molar-refractivity contribution in [3.63, 3.8) is 0 Å². The predicted octanol–water partition coefficient (Wildman–Crippen LogP) is 4.14. The highest BCUT2D eigenvalue weighted by Crippen LogP contribution is 2.17. The van der Waals surface area contributed by atoms with E-state index in [1.165, 1.54) is 5.56 Å². The number of nitrogens with one attached hydrogen (secondary N) is 1. The van der Waals surface area contributed by atoms with Crippen molar-refractivity contribution in [1.29, 1.82) is 0 Å². The van der Waals surface area contributed by atoms with Crippen molar-refractivity contribution in [2.75, 3.05) is 12.8 Å². The number of benzene rings is 1. The first kappa shape index (κ1) is 20.5. The minimum atomic E-state index is -0.0197. The van der Waals surface area contributed by atoms with Crippen LogP contribution in [0.5, 0.6) is 0 Å². The Morgan fingerprint density at radius 3 is 2.42 bits per heavy atom. The van der Waals surface area contributed by atoms with Gasteiger partial charge in [-0.05, 0) is 42.2 Å². The Morgan fingerprint density at radius 2 is 1.85 bits per heavy atom. The number of carbonyl (C=O) groups is 1. The molecule has 5 nitrogen and oxygen atoms in total. The SMILES string of the molecule is CSc1nnc(CCCNC(=O)c2ccc(C(C)C)cc2)n1CC(C)C. The van der Waals surface area contributed by atoms with Crippen molar-refractivity contribution in [3.05, 3.63) is 41.2 Å². The fourth-order valence-electron chi connectivity index (χ4n) is 2.77. The van der Waals surface area contributed by atoms with Crippen LogP contribution in [0.2, 0.25) is 0 Å². The second kappa shape index (κ2) is 9.76. The van der Waals surface area contributed by atoms with Crippen LogP contribution in [0.15, 0.2) is 29.4 Å². The van der Waals surface area contributed by atoms with Gasteiger partial charge in [0, 0.05) is 25.1 Å². The van der Waals surface area contributed by atoms with Gasteiger partial charge in [0.15, 0.2) is 5.16 Å². The molecule has 0 aliphatic carbocycles. The van der Waals surface area contributed by atoms with E-state index in [-0.39, 0.29) is 5.91 Å². The van der Waals surface area contributed by atoms with E-state index < -0.39 is 0 Å². The van der Waals surface area contributed by atoms with E-state index in [9.17, 15) is 4.79 Å². The van der Waals surface area contributed by atoms with E-state index in [4.69, 9.17) is 0 Å². The third-order valence-corrected chi connectivity index (χ3v) is 4.89. The van der Waals surface area contributed by atoms with Crippen molar-refractivity contribution in [2.45, 2.75) is 58.2 Å². The maximum absolute atomic E-state index is 12.3. The zero-order valence-corrected chi connectivity index (χ0v) is 17.3. The molecule has 1 aromatic heterocycles. The number of rotatable bonds is 9. The molecule has 1 heterocycles. The van der Waals surface area contributed by atoms with E-state index >= 15 is 0 Å². The number of carbonyl (C=O) groups excluding carboxylic acids is 1. The molecule has 0 spiro atoms. The molecule has 0 atom stereocenters. The van der Waals surface area contributed by atoms with Crippen LogP contribution in [0, 0.1) is 5.92 Å². The van der Waals surface area contributed by atoms with Gasteiger partial charge in [-0.1, -0.05) is 51.6 Å². The lowest BCUT2D eigenvalue weighted by Crippen LogP contribution is -2.25. The first-order valence-corrected chi connectivity index (χ1v) is 10.5. The van der Waals surface area contributed by atoms with Crippen molar-refractivity contribution in [2.24, 2.45) is 5.92 Å². The molecular weight excluding hydrogens is 344 g/mol. The zero-order chi connectivity index (χ0) is 19.1. The molecule has 0 radical (unpaired) electrons. The first-order chi connectivity index (χ1) is 12.4. The molecule has 0 aliphatic heterocycles. The normalized spacial score (nSPS) is 11.3. The Balaban J connectivity index is 1.85. The third kappa shape index (κ3) is 5.59. The number of hydrogen-bond acceptors (Lipinski definition) is 4. The number of nitrogens with zero attached hydrogens (tertiary/aromatic N) is 3. The first-order valence-electron chi connectivity index (χ1n) is 9.26. The van der Waals surface area contributed by atoms with E-state index in [1.807, 2.05) is 30.5 Å². The van der Waals surface area contributed by atoms with Crippen LogP contribution in [0.25, 0.3) is 0 Å². The summed E-state index contributed by atoms with van der Waals surface area (Å²) in [7, 11) is 0. The van der Waals surface area contributed by atoms with Crippen LogP contribution in [0.3, 0.4) is 0 Å². The summed E-state index contributed by atoms with van der Waals surface area (Å²) in [6.07, 6.45) is 3.68. The Bertz CT molecular complexity index is 707. The molecule has 0 aliphatic rings. The van der Waals surface area contributed by atoms with Gasteiger partial charge in [-0.25, -0.2) is 0 Å². The molecule has 2 aromatic rings. The van der Waals surface area contributed by atoms with Crippen LogP contribution < -0.4 is 5.32 Å². The molecule has 0 bridgehead atoms. The quantitative estimate of drug-likeness (QED) is 0.529. The van der Waals surface area contributed by atoms with Crippen molar-refractivity contribution in [1.82, 2.24) is 20.1 Å². The van der Waals surface area contributed by atoms with Gasteiger partial charge in [-0.3, -0.25) is 4.79 Å². The summed E-state index contributed by atoms with van der Waals surface area (Å²) in [5.74, 6) is 2.00. The Labute approximate surface area is 161 Å². The Kier molecular flexibility index (Phi) is 7.69. The molecular formula is C20H30N4OS. The fourth-order valence-corrected chi connectivity index (χ4v) is 3.30. The van der Waals surface area contributed by atoms with Crippen molar-refractivity contribution in [3.8, 4) is 0 Å². The topological polar surface area (TPSA) is 59.8 Å². The molecule has 1 N–H and O–H groups in total. The summed E-state index contributed by atoms with van der Waals surface area (Å²) in [5.41, 5.74) is 1.96. The molecule has 0 unspecified atom stereocenters. The minimum absolute atomic E-state index is 0.0197. The van der Waals surface area contributed by atoms with E-state index in [0.717, 1.165) is 30.4 Å². The summed E-state index contributed by atoms with van der Waals surface area (Å²) in [4.78, 5) is 12.3. The molecule has 0 fully saturated rings. The smallest absolute Gasteiger partial charge is 0.251 e. The summed E-state index contributed by atoms with van der Waals surface area (Å²) in [5, 5.41) is 12.5. The monoisotopic (exact) mass is 374 g/mol. The van der Waals surface area contributed by atoms with E-state index in [2.05, 4.69) is 47.8 Å². The lowest BCUT2D eigenvalue weighted by Gasteiger charge is -2.12. The number of hydrogen-bond donors (Lipinski definition) is 1. The van der Waals surface area contributed by atoms with Gasteiger partial charge < -0.3 is 9.88 Å². The molecule has 6 heteroatoms. The second-order valence-corrected chi connectivity index (χ2v) is 8.02. The molecule has 0 saturated heterocycles. The van der Waals surface area contributed by atoms with Gasteiger partial charge in [-0.15, -0.1) is 10.2 Å². The van der Waals surface area contributed by atoms with Crippen LogP contribution in [0.4, 0.5) is 0 Å². The average Bonchev–Trinajstić information content (AvgIpc) is 2.99. The second-order valence-electron chi connectivity index (χ2n) is 7.24. The number of aryl methyl sites for hydroxylation is 1. The van der Waals surface area contributed by atoms with Gasteiger partial charge >= 0.3 is 0 Å². The largest absolute Gasteiger partial charge is 0.352 e. The Morgan fingerprint density at radius 1 is 1.15 bits per heavy atom. The molecule has 2 rings (SSSR count). The van der Waals surface area contributed by atoms with Crippen LogP contribution >= 0.6 is 11.8 Å². The number of thioether (sulfide) groups is 1. The van der Waals surface area contributed by atoms with Gasteiger partial charge in [0.05, 0.1) is 0 Å². The van der Waals surface area contributed by atoms with E-state index in [0.29, 0.717) is 23.9 Å². The molecule has 1 aromatic carbocycles. The number of amides is 1. The van der Waals surface area contributed by atoms with Gasteiger partial charge in [0.25, 0.3) is 5.91 Å². The van der Waals surface area contributed by atoms with Crippen molar-refractivity contribution >= 4 is 17.7 Å². The summed E-state index contributed by atoms with van der Waals surface area (Å²) in [6.45, 7) is 10.2. The molecule has 26 heavy (non-hydrogen) atoms.